The van der Waals surface area contributed by atoms with Crippen LogP contribution in [0.15, 0.2) is 64.1 Å². The molecule has 0 aliphatic carbocycles. The molecule has 4 nitrogen and oxygen atoms in total. The van der Waals surface area contributed by atoms with Gasteiger partial charge >= 0.3 is 0 Å². The van der Waals surface area contributed by atoms with Crippen molar-refractivity contribution in [1.82, 2.24) is 9.97 Å². The largest absolute Gasteiger partial charge is 0.321 e. The molecule has 0 fully saturated rings. The van der Waals surface area contributed by atoms with Crippen LogP contribution in [-0.4, -0.2) is 9.97 Å². The first-order valence-electron chi connectivity index (χ1n) is 6.53. The molecule has 0 saturated heterocycles. The zero-order valence-electron chi connectivity index (χ0n) is 11.4. The minimum Gasteiger partial charge on any atom is -0.321 e. The highest BCUT2D eigenvalue weighted by atomic mass is 79.9. The van der Waals surface area contributed by atoms with Crippen molar-refractivity contribution < 1.29 is 0 Å². The standard InChI is InChI=1S/C17H10BrN3O/c18-13-5-3-11(4-6-13)16-8-14(12-2-1-7-20-10-12)15(9-19)17(22)21-16/h1-8,10H,(H,21,22). The van der Waals surface area contributed by atoms with E-state index < -0.39 is 5.56 Å². The van der Waals surface area contributed by atoms with Crippen molar-refractivity contribution in [2.24, 2.45) is 0 Å². The minimum absolute atomic E-state index is 0.0915. The van der Waals surface area contributed by atoms with Gasteiger partial charge in [-0.3, -0.25) is 9.78 Å². The summed E-state index contributed by atoms with van der Waals surface area (Å²) < 4.78 is 0.958. The molecule has 0 spiro atoms. The van der Waals surface area contributed by atoms with E-state index in [1.54, 1.807) is 24.5 Å². The van der Waals surface area contributed by atoms with Gasteiger partial charge in [0, 0.05) is 33.7 Å². The van der Waals surface area contributed by atoms with Crippen LogP contribution in [0.5, 0.6) is 0 Å². The Labute approximate surface area is 135 Å². The van der Waals surface area contributed by atoms with E-state index in [4.69, 9.17) is 0 Å². The van der Waals surface area contributed by atoms with E-state index in [0.29, 0.717) is 11.3 Å². The lowest BCUT2D eigenvalue weighted by molar-refractivity contribution is 1.21. The first-order valence-corrected chi connectivity index (χ1v) is 7.32. The molecular formula is C17H10BrN3O. The molecule has 0 unspecified atom stereocenters. The molecule has 0 aliphatic rings. The number of nitrogens with one attached hydrogen (secondary N) is 1. The summed E-state index contributed by atoms with van der Waals surface area (Å²) in [6, 6.07) is 15.0. The van der Waals surface area contributed by atoms with Crippen LogP contribution in [0.25, 0.3) is 22.4 Å². The van der Waals surface area contributed by atoms with E-state index in [1.807, 2.05) is 36.4 Å². The normalized spacial score (nSPS) is 10.2. The maximum Gasteiger partial charge on any atom is 0.266 e. The van der Waals surface area contributed by atoms with Gasteiger partial charge in [-0.1, -0.05) is 34.1 Å². The van der Waals surface area contributed by atoms with Crippen LogP contribution in [0.3, 0.4) is 0 Å². The first kappa shape index (κ1) is 14.2. The Morgan fingerprint density at radius 1 is 1.14 bits per heavy atom. The van der Waals surface area contributed by atoms with Crippen LogP contribution in [-0.2, 0) is 0 Å². The lowest BCUT2D eigenvalue weighted by Gasteiger charge is -2.08. The summed E-state index contributed by atoms with van der Waals surface area (Å²) in [5, 5.41) is 9.26. The Morgan fingerprint density at radius 3 is 2.55 bits per heavy atom. The Balaban J connectivity index is 2.24. The third kappa shape index (κ3) is 2.69. The molecule has 0 radical (unpaired) electrons. The summed E-state index contributed by atoms with van der Waals surface area (Å²) >= 11 is 3.38. The van der Waals surface area contributed by atoms with Gasteiger partial charge in [-0.25, -0.2) is 0 Å². The fourth-order valence-electron chi connectivity index (χ4n) is 2.21. The molecule has 0 amide bonds. The SMILES string of the molecule is N#Cc1c(-c2cccnc2)cc(-c2ccc(Br)cc2)[nH]c1=O. The monoisotopic (exact) mass is 351 g/mol. The lowest BCUT2D eigenvalue weighted by Crippen LogP contribution is -2.12. The van der Waals surface area contributed by atoms with Crippen LogP contribution in [0.2, 0.25) is 0 Å². The lowest BCUT2D eigenvalue weighted by atomic mass is 10.0. The number of benzene rings is 1. The van der Waals surface area contributed by atoms with Crippen LogP contribution in [0.1, 0.15) is 5.56 Å². The molecule has 2 aromatic heterocycles. The minimum atomic E-state index is -0.401. The van der Waals surface area contributed by atoms with Gasteiger partial charge in [0.05, 0.1) is 0 Å². The quantitative estimate of drug-likeness (QED) is 0.764. The molecule has 0 saturated carbocycles. The van der Waals surface area contributed by atoms with Crippen molar-refractivity contribution in [1.29, 1.82) is 5.26 Å². The smallest absolute Gasteiger partial charge is 0.266 e. The molecule has 0 atom stereocenters. The number of pyridine rings is 2. The molecular weight excluding hydrogens is 342 g/mol. The molecule has 3 aromatic rings. The van der Waals surface area contributed by atoms with Crippen LogP contribution in [0, 0.1) is 11.3 Å². The van der Waals surface area contributed by atoms with Gasteiger partial charge in [-0.15, -0.1) is 0 Å². The molecule has 1 aromatic carbocycles. The second kappa shape index (κ2) is 5.96. The van der Waals surface area contributed by atoms with Gasteiger partial charge in [0.2, 0.25) is 0 Å². The number of hydrogen-bond acceptors (Lipinski definition) is 3. The summed E-state index contributed by atoms with van der Waals surface area (Å²) in [6.07, 6.45) is 3.29. The summed E-state index contributed by atoms with van der Waals surface area (Å²) in [6.45, 7) is 0. The number of aromatic nitrogens is 2. The average molecular weight is 352 g/mol. The number of nitrogens with zero attached hydrogens (tertiary/aromatic N) is 2. The molecule has 0 bridgehead atoms. The van der Waals surface area contributed by atoms with Crippen molar-refractivity contribution in [2.75, 3.05) is 0 Å². The van der Waals surface area contributed by atoms with Gasteiger partial charge in [0.25, 0.3) is 5.56 Å². The van der Waals surface area contributed by atoms with Crippen LogP contribution in [0.4, 0.5) is 0 Å². The Morgan fingerprint density at radius 2 is 1.91 bits per heavy atom. The number of H-pyrrole nitrogens is 1. The van der Waals surface area contributed by atoms with E-state index in [-0.39, 0.29) is 5.56 Å². The first-order chi connectivity index (χ1) is 10.7. The van der Waals surface area contributed by atoms with Crippen molar-refractivity contribution in [3.63, 3.8) is 0 Å². The van der Waals surface area contributed by atoms with Crippen molar-refractivity contribution in [3.05, 3.63) is 75.2 Å². The summed E-state index contributed by atoms with van der Waals surface area (Å²) in [4.78, 5) is 19.0. The molecule has 22 heavy (non-hydrogen) atoms. The number of rotatable bonds is 2. The van der Waals surface area contributed by atoms with E-state index in [9.17, 15) is 10.1 Å². The predicted octanol–water partition coefficient (Wildman–Crippen LogP) is 3.74. The summed E-state index contributed by atoms with van der Waals surface area (Å²) in [5.74, 6) is 0. The zero-order chi connectivity index (χ0) is 15.5. The summed E-state index contributed by atoms with van der Waals surface area (Å²) in [5.41, 5.74) is 2.54. The highest BCUT2D eigenvalue weighted by Crippen LogP contribution is 2.26. The fourth-order valence-corrected chi connectivity index (χ4v) is 2.47. The van der Waals surface area contributed by atoms with E-state index in [0.717, 1.165) is 15.6 Å². The van der Waals surface area contributed by atoms with Crippen molar-refractivity contribution >= 4 is 15.9 Å². The second-order valence-electron chi connectivity index (χ2n) is 4.66. The molecule has 2 heterocycles. The van der Waals surface area contributed by atoms with E-state index in [1.165, 1.54) is 0 Å². The predicted molar refractivity (Wildman–Crippen MR) is 88.1 cm³/mol. The molecule has 106 valence electrons. The summed E-state index contributed by atoms with van der Waals surface area (Å²) in [7, 11) is 0. The number of nitriles is 1. The highest BCUT2D eigenvalue weighted by Gasteiger charge is 2.12. The molecule has 3 rings (SSSR count). The van der Waals surface area contributed by atoms with E-state index >= 15 is 0 Å². The highest BCUT2D eigenvalue weighted by molar-refractivity contribution is 9.10. The van der Waals surface area contributed by atoms with Crippen LogP contribution < -0.4 is 5.56 Å². The number of halogens is 1. The maximum absolute atomic E-state index is 12.2. The van der Waals surface area contributed by atoms with Gasteiger partial charge in [-0.05, 0) is 29.8 Å². The third-order valence-corrected chi connectivity index (χ3v) is 3.80. The fraction of sp³-hybridized carbons (Fsp3) is 0. The van der Waals surface area contributed by atoms with Crippen LogP contribution >= 0.6 is 15.9 Å². The van der Waals surface area contributed by atoms with Gasteiger partial charge in [0.1, 0.15) is 11.6 Å². The van der Waals surface area contributed by atoms with Gasteiger partial charge < -0.3 is 4.98 Å². The molecule has 5 heteroatoms. The van der Waals surface area contributed by atoms with Gasteiger partial charge in [-0.2, -0.15) is 5.26 Å². The molecule has 1 N–H and O–H groups in total. The average Bonchev–Trinajstić information content (AvgIpc) is 2.55. The Kier molecular flexibility index (Phi) is 3.86. The second-order valence-corrected chi connectivity index (χ2v) is 5.58. The van der Waals surface area contributed by atoms with Gasteiger partial charge in [0.15, 0.2) is 0 Å². The topological polar surface area (TPSA) is 69.5 Å². The number of aromatic amines is 1. The third-order valence-electron chi connectivity index (χ3n) is 3.27. The van der Waals surface area contributed by atoms with Crippen molar-refractivity contribution in [3.8, 4) is 28.5 Å². The van der Waals surface area contributed by atoms with E-state index in [2.05, 4.69) is 25.9 Å². The molecule has 0 aliphatic heterocycles. The maximum atomic E-state index is 12.2. The van der Waals surface area contributed by atoms with Crippen molar-refractivity contribution in [2.45, 2.75) is 0 Å². The Bertz CT molecular complexity index is 909. The number of hydrogen-bond donors (Lipinski definition) is 1. The zero-order valence-corrected chi connectivity index (χ0v) is 13.0. The Hall–Kier alpha value is -2.71.